The number of nitrogens with zero attached hydrogens (tertiary/aromatic N) is 1. The zero-order chi connectivity index (χ0) is 21.6. The zero-order valence-electron chi connectivity index (χ0n) is 18.9. The first-order valence-corrected chi connectivity index (χ1v) is 11.7. The van der Waals surface area contributed by atoms with Crippen molar-refractivity contribution in [1.29, 1.82) is 0 Å². The summed E-state index contributed by atoms with van der Waals surface area (Å²) in [5.41, 5.74) is 4.41. The van der Waals surface area contributed by atoms with E-state index in [2.05, 4.69) is 6.08 Å². The fraction of sp³-hybridized carbons (Fsp3) is 0.280. The summed E-state index contributed by atoms with van der Waals surface area (Å²) in [5, 5.41) is 0. The maximum Gasteiger partial charge on any atom is 4.00 e. The van der Waals surface area contributed by atoms with E-state index < -0.39 is 14.9 Å². The topological polar surface area (TPSA) is 20.3 Å². The Morgan fingerprint density at radius 3 is 1.94 bits per heavy atom. The summed E-state index contributed by atoms with van der Waals surface area (Å²) in [6.07, 6.45) is 2.41. The van der Waals surface area contributed by atoms with Gasteiger partial charge < -0.3 is 33.8 Å². The van der Waals surface area contributed by atoms with Crippen molar-refractivity contribution in [1.82, 2.24) is 4.57 Å². The van der Waals surface area contributed by atoms with Gasteiger partial charge in [-0.2, -0.15) is 8.78 Å². The molecule has 0 aliphatic heterocycles. The summed E-state index contributed by atoms with van der Waals surface area (Å²) >= 11 is 0. The van der Waals surface area contributed by atoms with E-state index in [1.54, 1.807) is 24.3 Å². The summed E-state index contributed by atoms with van der Waals surface area (Å²) in [7, 11) is -0.145. The summed E-state index contributed by atoms with van der Waals surface area (Å²) in [6, 6.07) is 15.2. The van der Waals surface area contributed by atoms with Crippen LogP contribution < -0.4 is 24.8 Å². The van der Waals surface area contributed by atoms with Gasteiger partial charge in [-0.25, -0.2) is 0 Å². The second kappa shape index (κ2) is 11.4. The number of halogens is 4. The first-order valence-electron chi connectivity index (χ1n) is 10.1. The van der Waals surface area contributed by atoms with Gasteiger partial charge in [0.15, 0.2) is 0 Å². The van der Waals surface area contributed by atoms with E-state index in [0.717, 1.165) is 22.3 Å². The Morgan fingerprint density at radius 1 is 0.939 bits per heavy atom. The van der Waals surface area contributed by atoms with Crippen molar-refractivity contribution in [3.63, 3.8) is 0 Å². The van der Waals surface area contributed by atoms with E-state index in [0.29, 0.717) is 17.2 Å². The molecule has 2 aromatic carbocycles. The average Bonchev–Trinajstić information content (AvgIpc) is 3.05. The minimum atomic E-state index is -2.04. The smallest absolute Gasteiger partial charge is 1.00 e. The van der Waals surface area contributed by atoms with E-state index >= 15 is 0 Å². The predicted octanol–water partition coefficient (Wildman–Crippen LogP) is 0.407. The fourth-order valence-electron chi connectivity index (χ4n) is 4.27. The van der Waals surface area contributed by atoms with E-state index in [9.17, 15) is 13.2 Å². The molecule has 8 heteroatoms. The van der Waals surface area contributed by atoms with Crippen LogP contribution in [0.1, 0.15) is 43.0 Å². The second-order valence-corrected chi connectivity index (χ2v) is 10.7. The summed E-state index contributed by atoms with van der Waals surface area (Å²) in [4.78, 5) is 0. The van der Waals surface area contributed by atoms with Crippen LogP contribution in [-0.2, 0) is 26.2 Å². The molecular formula is C25H25Cl2F2NOSiTi+2. The van der Waals surface area contributed by atoms with E-state index in [1.807, 2.05) is 62.7 Å². The quantitative estimate of drug-likeness (QED) is 0.527. The molecule has 2 nitrogen and oxygen atoms in total. The molecule has 0 aromatic heterocycles. The molecule has 2 aliphatic carbocycles. The monoisotopic (exact) mass is 539 g/mol. The standard InChI is InChI=1S/C25H25F2NOSi.2ClH.Ti/c1-25(2,3)28(4)30(29)15-16-13-14-21-17-9-5-6-10-18(17)23(24(26)27)20-12-8-7-11-19(20)22(16)21;;;/h5-14,16H,15H2,1-4H3;2*1H;/q;;;+4/p-2. The van der Waals surface area contributed by atoms with Gasteiger partial charge in [-0.1, -0.05) is 60.7 Å². The van der Waals surface area contributed by atoms with Crippen LogP contribution in [0, 0.1) is 5.92 Å². The van der Waals surface area contributed by atoms with Gasteiger partial charge in [0, 0.05) is 24.5 Å². The van der Waals surface area contributed by atoms with Crippen molar-refractivity contribution < 1.29 is 59.8 Å². The molecule has 0 heterocycles. The van der Waals surface area contributed by atoms with Crippen molar-refractivity contribution >= 4 is 25.6 Å². The van der Waals surface area contributed by atoms with Crippen LogP contribution in [0.15, 0.2) is 66.8 Å². The van der Waals surface area contributed by atoms with Crippen LogP contribution in [-0.4, -0.2) is 26.0 Å². The van der Waals surface area contributed by atoms with Gasteiger partial charge in [0.25, 0.3) is 6.08 Å². The van der Waals surface area contributed by atoms with Crippen LogP contribution in [0.25, 0.3) is 16.7 Å². The van der Waals surface area contributed by atoms with E-state index in [1.165, 1.54) is 0 Å². The number of allylic oxidation sites excluding steroid dienone is 4. The molecule has 1 atom stereocenters. The first kappa shape index (κ1) is 29.7. The minimum absolute atomic E-state index is 0. The van der Waals surface area contributed by atoms with Crippen molar-refractivity contribution in [2.45, 2.75) is 32.4 Å². The van der Waals surface area contributed by atoms with Crippen LogP contribution in [0.5, 0.6) is 0 Å². The maximum atomic E-state index is 14.2. The molecule has 2 aliphatic rings. The molecular weight excluding hydrogens is 515 g/mol. The summed E-state index contributed by atoms with van der Waals surface area (Å²) in [6.45, 7) is 6.13. The third-order valence-corrected chi connectivity index (χ3v) is 8.30. The number of hydrogen-bond donors (Lipinski definition) is 0. The van der Waals surface area contributed by atoms with E-state index in [4.69, 9.17) is 0 Å². The molecule has 0 fully saturated rings. The number of rotatable bonds is 3. The molecule has 33 heavy (non-hydrogen) atoms. The molecule has 0 N–H and O–H groups in total. The number of benzene rings is 2. The predicted molar refractivity (Wildman–Crippen MR) is 119 cm³/mol. The normalized spacial score (nSPS) is 15.7. The second-order valence-electron chi connectivity index (χ2n) is 8.85. The Hall–Kier alpha value is -1.37. The van der Waals surface area contributed by atoms with Crippen LogP contribution in [0.2, 0.25) is 6.04 Å². The molecule has 4 rings (SSSR count). The molecule has 0 amide bonds. The number of fused-ring (bicyclic) bond motifs is 4. The van der Waals surface area contributed by atoms with Crippen molar-refractivity contribution in [2.24, 2.45) is 5.92 Å². The average molecular weight is 540 g/mol. The Morgan fingerprint density at radius 2 is 1.42 bits per heavy atom. The fourth-order valence-corrected chi connectivity index (χ4v) is 6.01. The molecule has 0 radical (unpaired) electrons. The third-order valence-electron chi connectivity index (χ3n) is 6.09. The van der Waals surface area contributed by atoms with Gasteiger partial charge >= 0.3 is 30.6 Å². The molecule has 0 saturated carbocycles. The van der Waals surface area contributed by atoms with Gasteiger partial charge in [0.1, 0.15) is 0 Å². The van der Waals surface area contributed by atoms with Crippen molar-refractivity contribution in [3.8, 4) is 0 Å². The molecule has 1 unspecified atom stereocenters. The third kappa shape index (κ3) is 5.49. The first-order chi connectivity index (χ1) is 14.2. The van der Waals surface area contributed by atoms with Gasteiger partial charge in [0.2, 0.25) is 0 Å². The molecule has 0 spiro atoms. The summed E-state index contributed by atoms with van der Waals surface area (Å²) < 4.78 is 43.4. The SMILES string of the molecule is CN([Si](=O)CC1C=CC2=C1c1ccccc1C(=C(F)F)c1ccccc12)C(C)(C)C.[Cl-].[Cl-].[Ti+4]. The maximum absolute atomic E-state index is 14.2. The van der Waals surface area contributed by atoms with Crippen molar-refractivity contribution in [3.05, 3.63) is 89.0 Å². The minimum Gasteiger partial charge on any atom is -1.00 e. The molecule has 0 bridgehead atoms. The Bertz CT molecular complexity index is 1140. The Labute approximate surface area is 223 Å². The van der Waals surface area contributed by atoms with Gasteiger partial charge in [0.05, 0.1) is 5.57 Å². The number of hydrogen-bond acceptors (Lipinski definition) is 1. The Kier molecular flexibility index (Phi) is 10.2. The van der Waals surface area contributed by atoms with Crippen molar-refractivity contribution in [2.75, 3.05) is 7.05 Å². The van der Waals surface area contributed by atoms with Gasteiger partial charge in [-0.15, -0.1) is 0 Å². The molecule has 0 saturated heterocycles. The van der Waals surface area contributed by atoms with E-state index in [-0.39, 0.29) is 63.6 Å². The molecule has 170 valence electrons. The molecule has 2 aromatic rings. The summed E-state index contributed by atoms with van der Waals surface area (Å²) in [5.74, 6) is -0.0765. The van der Waals surface area contributed by atoms with Crippen LogP contribution in [0.4, 0.5) is 8.78 Å². The van der Waals surface area contributed by atoms with Crippen LogP contribution >= 0.6 is 0 Å². The van der Waals surface area contributed by atoms with Gasteiger partial charge in [-0.05, 0) is 54.2 Å². The Balaban J connectivity index is 0.00000181. The zero-order valence-corrected chi connectivity index (χ0v) is 23.0. The largest absolute Gasteiger partial charge is 4.00 e. The van der Waals surface area contributed by atoms with Gasteiger partial charge in [-0.3, -0.25) is 0 Å². The van der Waals surface area contributed by atoms with Crippen LogP contribution in [0.3, 0.4) is 0 Å².